The Hall–Kier alpha value is -0.0800. The highest BCUT2D eigenvalue weighted by molar-refractivity contribution is 4.83. The Morgan fingerprint density at radius 2 is 2.17 bits per heavy atom. The Morgan fingerprint density at radius 3 is 2.67 bits per heavy atom. The molecule has 0 amide bonds. The first-order valence-electron chi connectivity index (χ1n) is 5.15. The molecule has 2 nitrogen and oxygen atoms in total. The first-order valence-corrected chi connectivity index (χ1v) is 5.15. The van der Waals surface area contributed by atoms with Crippen molar-refractivity contribution in [2.75, 3.05) is 26.7 Å². The quantitative estimate of drug-likeness (QED) is 0.647. The molecule has 2 heteroatoms. The molecule has 0 aliphatic heterocycles. The van der Waals surface area contributed by atoms with Gasteiger partial charge in [0.05, 0.1) is 0 Å². The van der Waals surface area contributed by atoms with Crippen LogP contribution in [0.15, 0.2) is 0 Å². The van der Waals surface area contributed by atoms with E-state index in [0.717, 1.165) is 25.0 Å². The zero-order valence-corrected chi connectivity index (χ0v) is 8.64. The summed E-state index contributed by atoms with van der Waals surface area (Å²) < 4.78 is 0. The first-order chi connectivity index (χ1) is 5.74. The Bertz CT molecular complexity index is 121. The normalized spacial score (nSPS) is 20.0. The van der Waals surface area contributed by atoms with Gasteiger partial charge in [0, 0.05) is 12.6 Å². The molecular weight excluding hydrogens is 148 g/mol. The van der Waals surface area contributed by atoms with Crippen molar-refractivity contribution < 1.29 is 0 Å². The number of nitrogens with zero attached hydrogens (tertiary/aromatic N) is 1. The molecule has 1 aliphatic rings. The lowest BCUT2D eigenvalue weighted by molar-refractivity contribution is 0.273. The zero-order chi connectivity index (χ0) is 8.97. The lowest BCUT2D eigenvalue weighted by Crippen LogP contribution is -2.32. The smallest absolute Gasteiger partial charge is 0.00934 e. The second-order valence-electron chi connectivity index (χ2n) is 4.08. The summed E-state index contributed by atoms with van der Waals surface area (Å²) >= 11 is 0. The molecule has 1 saturated carbocycles. The predicted molar refractivity (Wildman–Crippen MR) is 53.4 cm³/mol. The highest BCUT2D eigenvalue weighted by Crippen LogP contribution is 2.25. The highest BCUT2D eigenvalue weighted by atomic mass is 15.2. The van der Waals surface area contributed by atoms with E-state index in [-0.39, 0.29) is 0 Å². The molecule has 0 aromatic rings. The molecule has 0 aromatic heterocycles. The van der Waals surface area contributed by atoms with Crippen LogP contribution >= 0.6 is 0 Å². The van der Waals surface area contributed by atoms with Crippen molar-refractivity contribution in [3.63, 3.8) is 0 Å². The Morgan fingerprint density at radius 1 is 1.50 bits per heavy atom. The zero-order valence-electron chi connectivity index (χ0n) is 8.64. The number of hydrogen-bond donors (Lipinski definition) is 1. The summed E-state index contributed by atoms with van der Waals surface area (Å²) in [4.78, 5) is 2.50. The van der Waals surface area contributed by atoms with Crippen LogP contribution in [0.25, 0.3) is 0 Å². The maximum Gasteiger partial charge on any atom is 0.00934 e. The molecule has 72 valence electrons. The van der Waals surface area contributed by atoms with Crippen LogP contribution in [0.5, 0.6) is 0 Å². The van der Waals surface area contributed by atoms with Crippen LogP contribution < -0.4 is 5.32 Å². The molecule has 1 rings (SSSR count). The second-order valence-corrected chi connectivity index (χ2v) is 4.08. The van der Waals surface area contributed by atoms with Crippen molar-refractivity contribution in [3.8, 4) is 0 Å². The van der Waals surface area contributed by atoms with Crippen LogP contribution in [0.3, 0.4) is 0 Å². The van der Waals surface area contributed by atoms with E-state index in [9.17, 15) is 0 Å². The Kier molecular flexibility index (Phi) is 4.02. The third kappa shape index (κ3) is 3.55. The van der Waals surface area contributed by atoms with Gasteiger partial charge in [0.25, 0.3) is 0 Å². The van der Waals surface area contributed by atoms with E-state index in [0.29, 0.717) is 0 Å². The molecular formula is C10H22N2. The van der Waals surface area contributed by atoms with Gasteiger partial charge in [-0.15, -0.1) is 0 Å². The summed E-state index contributed by atoms with van der Waals surface area (Å²) in [6, 6.07) is 0.911. The van der Waals surface area contributed by atoms with E-state index in [1.54, 1.807) is 0 Å². The summed E-state index contributed by atoms with van der Waals surface area (Å²) in [7, 11) is 2.25. The van der Waals surface area contributed by atoms with Crippen molar-refractivity contribution in [2.24, 2.45) is 5.92 Å². The molecule has 0 heterocycles. The number of nitrogens with one attached hydrogen (secondary N) is 1. The summed E-state index contributed by atoms with van der Waals surface area (Å²) in [5, 5.41) is 3.39. The van der Waals surface area contributed by atoms with Crippen LogP contribution in [0.2, 0.25) is 0 Å². The maximum absolute atomic E-state index is 3.39. The van der Waals surface area contributed by atoms with Gasteiger partial charge in [-0.05, 0) is 38.9 Å². The minimum atomic E-state index is 0.788. The van der Waals surface area contributed by atoms with Crippen molar-refractivity contribution in [1.29, 1.82) is 0 Å². The third-order valence-corrected chi connectivity index (χ3v) is 2.51. The SMILES string of the molecule is CCNCC(C)CN(C)C1CC1. The fourth-order valence-electron chi connectivity index (χ4n) is 1.61. The minimum absolute atomic E-state index is 0.788. The number of hydrogen-bond acceptors (Lipinski definition) is 2. The minimum Gasteiger partial charge on any atom is -0.317 e. The highest BCUT2D eigenvalue weighted by Gasteiger charge is 2.26. The predicted octanol–water partition coefficient (Wildman–Crippen LogP) is 1.33. The van der Waals surface area contributed by atoms with Crippen LogP contribution in [-0.4, -0.2) is 37.6 Å². The van der Waals surface area contributed by atoms with Gasteiger partial charge in [-0.1, -0.05) is 13.8 Å². The van der Waals surface area contributed by atoms with Gasteiger partial charge in [-0.3, -0.25) is 0 Å². The third-order valence-electron chi connectivity index (χ3n) is 2.51. The summed E-state index contributed by atoms with van der Waals surface area (Å²) in [6.45, 7) is 7.99. The molecule has 0 radical (unpaired) electrons. The summed E-state index contributed by atoms with van der Waals surface area (Å²) in [6.07, 6.45) is 2.84. The molecule has 1 atom stereocenters. The van der Waals surface area contributed by atoms with Crippen molar-refractivity contribution in [2.45, 2.75) is 32.7 Å². The van der Waals surface area contributed by atoms with E-state index in [1.165, 1.54) is 19.4 Å². The Balaban J connectivity index is 2.03. The van der Waals surface area contributed by atoms with Gasteiger partial charge >= 0.3 is 0 Å². The standard InChI is InChI=1S/C10H22N2/c1-4-11-7-9(2)8-12(3)10-5-6-10/h9-11H,4-8H2,1-3H3. The average molecular weight is 170 g/mol. The van der Waals surface area contributed by atoms with E-state index in [2.05, 4.69) is 31.1 Å². The van der Waals surface area contributed by atoms with Gasteiger partial charge in [0.15, 0.2) is 0 Å². The maximum atomic E-state index is 3.39. The van der Waals surface area contributed by atoms with E-state index < -0.39 is 0 Å². The summed E-state index contributed by atoms with van der Waals surface area (Å²) in [5.41, 5.74) is 0. The largest absolute Gasteiger partial charge is 0.317 e. The van der Waals surface area contributed by atoms with Gasteiger partial charge in [-0.2, -0.15) is 0 Å². The average Bonchev–Trinajstić information content (AvgIpc) is 2.82. The van der Waals surface area contributed by atoms with Crippen LogP contribution in [0, 0.1) is 5.92 Å². The van der Waals surface area contributed by atoms with E-state index in [1.807, 2.05) is 0 Å². The molecule has 0 saturated heterocycles. The van der Waals surface area contributed by atoms with Crippen molar-refractivity contribution >= 4 is 0 Å². The molecule has 1 aliphatic carbocycles. The van der Waals surface area contributed by atoms with Crippen LogP contribution in [0.4, 0.5) is 0 Å². The molecule has 0 spiro atoms. The van der Waals surface area contributed by atoms with Gasteiger partial charge in [0.1, 0.15) is 0 Å². The molecule has 12 heavy (non-hydrogen) atoms. The Labute approximate surface area is 76.3 Å². The van der Waals surface area contributed by atoms with Gasteiger partial charge in [0.2, 0.25) is 0 Å². The van der Waals surface area contributed by atoms with Crippen molar-refractivity contribution in [1.82, 2.24) is 10.2 Å². The first kappa shape index (κ1) is 10.0. The van der Waals surface area contributed by atoms with Gasteiger partial charge in [-0.25, -0.2) is 0 Å². The van der Waals surface area contributed by atoms with Gasteiger partial charge < -0.3 is 10.2 Å². The monoisotopic (exact) mass is 170 g/mol. The second kappa shape index (κ2) is 4.83. The summed E-state index contributed by atoms with van der Waals surface area (Å²) in [5.74, 6) is 0.788. The van der Waals surface area contributed by atoms with Crippen LogP contribution in [0.1, 0.15) is 26.7 Å². The molecule has 0 aromatic carbocycles. The topological polar surface area (TPSA) is 15.3 Å². The van der Waals surface area contributed by atoms with E-state index in [4.69, 9.17) is 0 Å². The van der Waals surface area contributed by atoms with Crippen LogP contribution in [-0.2, 0) is 0 Å². The molecule has 1 fully saturated rings. The molecule has 1 unspecified atom stereocenters. The van der Waals surface area contributed by atoms with Crippen molar-refractivity contribution in [3.05, 3.63) is 0 Å². The lowest BCUT2D eigenvalue weighted by atomic mass is 10.1. The fraction of sp³-hybridized carbons (Fsp3) is 1.00. The lowest BCUT2D eigenvalue weighted by Gasteiger charge is -2.20. The fourth-order valence-corrected chi connectivity index (χ4v) is 1.61. The number of rotatable bonds is 6. The van der Waals surface area contributed by atoms with E-state index >= 15 is 0 Å². The molecule has 0 bridgehead atoms. The molecule has 1 N–H and O–H groups in total.